The highest BCUT2D eigenvalue weighted by Gasteiger charge is 2.13. The quantitative estimate of drug-likeness (QED) is 0.837. The SMILES string of the molecule is CCC(CC)n1nccc1NC(=O)CCn1cnnc1. The van der Waals surface area contributed by atoms with Crippen LogP contribution in [0.1, 0.15) is 39.2 Å². The number of rotatable bonds is 7. The second-order valence-corrected chi connectivity index (χ2v) is 4.63. The van der Waals surface area contributed by atoms with Crippen LogP contribution in [0.25, 0.3) is 0 Å². The summed E-state index contributed by atoms with van der Waals surface area (Å²) in [6, 6.07) is 2.15. The zero-order chi connectivity index (χ0) is 14.4. The van der Waals surface area contributed by atoms with Gasteiger partial charge in [-0.15, -0.1) is 10.2 Å². The first-order chi connectivity index (χ1) is 9.74. The smallest absolute Gasteiger partial charge is 0.227 e. The van der Waals surface area contributed by atoms with Crippen molar-refractivity contribution in [3.05, 3.63) is 24.9 Å². The Morgan fingerprint density at radius 1 is 1.30 bits per heavy atom. The van der Waals surface area contributed by atoms with Gasteiger partial charge in [0.25, 0.3) is 0 Å². The highest BCUT2D eigenvalue weighted by molar-refractivity contribution is 5.89. The molecule has 0 saturated carbocycles. The van der Waals surface area contributed by atoms with Gasteiger partial charge in [0.05, 0.1) is 12.2 Å². The van der Waals surface area contributed by atoms with Crippen LogP contribution < -0.4 is 5.32 Å². The standard InChI is InChI=1S/C13H20N6O/c1-3-11(4-2)19-12(5-7-16-19)17-13(20)6-8-18-9-14-15-10-18/h5,7,9-11H,3-4,6,8H2,1-2H3,(H,17,20). The van der Waals surface area contributed by atoms with Gasteiger partial charge >= 0.3 is 0 Å². The fraction of sp³-hybridized carbons (Fsp3) is 0.538. The van der Waals surface area contributed by atoms with Crippen LogP contribution in [0.4, 0.5) is 5.82 Å². The molecule has 0 radical (unpaired) electrons. The van der Waals surface area contributed by atoms with E-state index in [0.717, 1.165) is 18.7 Å². The van der Waals surface area contributed by atoms with Gasteiger partial charge in [0.2, 0.25) is 5.91 Å². The Kier molecular flexibility index (Phi) is 4.86. The summed E-state index contributed by atoms with van der Waals surface area (Å²) in [4.78, 5) is 12.0. The summed E-state index contributed by atoms with van der Waals surface area (Å²) < 4.78 is 3.66. The molecular weight excluding hydrogens is 256 g/mol. The summed E-state index contributed by atoms with van der Waals surface area (Å²) in [5.41, 5.74) is 0. The second kappa shape index (κ2) is 6.83. The third kappa shape index (κ3) is 3.43. The first-order valence-electron chi connectivity index (χ1n) is 6.90. The van der Waals surface area contributed by atoms with Crippen LogP contribution in [0.3, 0.4) is 0 Å². The van der Waals surface area contributed by atoms with Gasteiger partial charge in [-0.1, -0.05) is 13.8 Å². The molecule has 7 nitrogen and oxygen atoms in total. The molecule has 0 unspecified atom stereocenters. The van der Waals surface area contributed by atoms with Crippen LogP contribution in [0.15, 0.2) is 24.9 Å². The lowest BCUT2D eigenvalue weighted by molar-refractivity contribution is -0.116. The van der Waals surface area contributed by atoms with E-state index < -0.39 is 0 Å². The molecule has 2 rings (SSSR count). The van der Waals surface area contributed by atoms with Gasteiger partial charge in [0.1, 0.15) is 18.5 Å². The molecule has 2 aromatic rings. The number of hydrogen-bond donors (Lipinski definition) is 1. The number of carbonyl (C=O) groups is 1. The Balaban J connectivity index is 1.92. The molecule has 20 heavy (non-hydrogen) atoms. The van der Waals surface area contributed by atoms with Crippen LogP contribution in [0.2, 0.25) is 0 Å². The maximum atomic E-state index is 12.0. The largest absolute Gasteiger partial charge is 0.320 e. The van der Waals surface area contributed by atoms with E-state index in [4.69, 9.17) is 0 Å². The summed E-state index contributed by atoms with van der Waals surface area (Å²) in [7, 11) is 0. The molecule has 2 heterocycles. The van der Waals surface area contributed by atoms with Crippen molar-refractivity contribution in [2.45, 2.75) is 45.7 Å². The van der Waals surface area contributed by atoms with Crippen molar-refractivity contribution >= 4 is 11.7 Å². The second-order valence-electron chi connectivity index (χ2n) is 4.63. The van der Waals surface area contributed by atoms with Crippen LogP contribution in [0, 0.1) is 0 Å². The molecule has 0 aliphatic heterocycles. The van der Waals surface area contributed by atoms with Crippen LogP contribution in [-0.4, -0.2) is 30.5 Å². The molecule has 0 aliphatic carbocycles. The topological polar surface area (TPSA) is 77.6 Å². The molecule has 1 amide bonds. The summed E-state index contributed by atoms with van der Waals surface area (Å²) in [6.07, 6.45) is 7.27. The first kappa shape index (κ1) is 14.2. The summed E-state index contributed by atoms with van der Waals surface area (Å²) in [5.74, 6) is 0.721. The minimum absolute atomic E-state index is 0.0357. The molecule has 7 heteroatoms. The molecule has 2 aromatic heterocycles. The number of anilines is 1. The summed E-state index contributed by atoms with van der Waals surface area (Å²) in [5, 5.41) is 14.6. The minimum Gasteiger partial charge on any atom is -0.320 e. The molecule has 1 N–H and O–H groups in total. The lowest BCUT2D eigenvalue weighted by atomic mass is 10.2. The number of nitrogens with zero attached hydrogens (tertiary/aromatic N) is 5. The predicted molar refractivity (Wildman–Crippen MR) is 75.1 cm³/mol. The molecule has 0 bridgehead atoms. The maximum absolute atomic E-state index is 12.0. The number of nitrogens with one attached hydrogen (secondary N) is 1. The Hall–Kier alpha value is -2.18. The van der Waals surface area contributed by atoms with Gasteiger partial charge in [-0.25, -0.2) is 4.68 Å². The number of hydrogen-bond acceptors (Lipinski definition) is 4. The summed E-state index contributed by atoms with van der Waals surface area (Å²) in [6.45, 7) is 4.80. The zero-order valence-corrected chi connectivity index (χ0v) is 11.9. The zero-order valence-electron chi connectivity index (χ0n) is 11.9. The van der Waals surface area contributed by atoms with Crippen molar-refractivity contribution in [3.63, 3.8) is 0 Å². The van der Waals surface area contributed by atoms with E-state index in [0.29, 0.717) is 19.0 Å². The van der Waals surface area contributed by atoms with Crippen LogP contribution >= 0.6 is 0 Å². The Morgan fingerprint density at radius 2 is 2.00 bits per heavy atom. The van der Waals surface area contributed by atoms with Gasteiger partial charge in [0.15, 0.2) is 0 Å². The normalized spacial score (nSPS) is 10.9. The van der Waals surface area contributed by atoms with Crippen molar-refractivity contribution in [1.29, 1.82) is 0 Å². The van der Waals surface area contributed by atoms with Gasteiger partial charge in [-0.05, 0) is 12.8 Å². The van der Waals surface area contributed by atoms with E-state index in [1.54, 1.807) is 23.4 Å². The predicted octanol–water partition coefficient (Wildman–Crippen LogP) is 1.86. The van der Waals surface area contributed by atoms with E-state index in [1.165, 1.54) is 0 Å². The molecular formula is C13H20N6O. The van der Waals surface area contributed by atoms with Crippen molar-refractivity contribution < 1.29 is 4.79 Å². The van der Waals surface area contributed by atoms with Crippen molar-refractivity contribution in [1.82, 2.24) is 24.5 Å². The van der Waals surface area contributed by atoms with Crippen LogP contribution in [-0.2, 0) is 11.3 Å². The monoisotopic (exact) mass is 276 g/mol. The highest BCUT2D eigenvalue weighted by atomic mass is 16.1. The molecule has 0 fully saturated rings. The lowest BCUT2D eigenvalue weighted by Crippen LogP contribution is -2.19. The van der Waals surface area contributed by atoms with E-state index in [-0.39, 0.29) is 5.91 Å². The lowest BCUT2D eigenvalue weighted by Gasteiger charge is -2.17. The number of amides is 1. The third-order valence-corrected chi connectivity index (χ3v) is 3.29. The van der Waals surface area contributed by atoms with E-state index in [2.05, 4.69) is 34.5 Å². The fourth-order valence-corrected chi connectivity index (χ4v) is 2.11. The van der Waals surface area contributed by atoms with Gasteiger partial charge in [0, 0.05) is 19.0 Å². The molecule has 0 aliphatic rings. The minimum atomic E-state index is -0.0357. The number of aromatic nitrogens is 5. The summed E-state index contributed by atoms with van der Waals surface area (Å²) >= 11 is 0. The van der Waals surface area contributed by atoms with Gasteiger partial charge in [-0.2, -0.15) is 5.10 Å². The number of carbonyl (C=O) groups excluding carboxylic acids is 1. The average molecular weight is 276 g/mol. The molecule has 0 atom stereocenters. The first-order valence-corrected chi connectivity index (χ1v) is 6.90. The average Bonchev–Trinajstić information content (AvgIpc) is 3.10. The van der Waals surface area contributed by atoms with E-state index >= 15 is 0 Å². The highest BCUT2D eigenvalue weighted by Crippen LogP contribution is 2.20. The Bertz CT molecular complexity index is 529. The van der Waals surface area contributed by atoms with Crippen molar-refractivity contribution in [2.24, 2.45) is 0 Å². The molecule has 0 aromatic carbocycles. The third-order valence-electron chi connectivity index (χ3n) is 3.29. The van der Waals surface area contributed by atoms with Gasteiger partial charge in [-0.3, -0.25) is 4.79 Å². The maximum Gasteiger partial charge on any atom is 0.227 e. The Labute approximate surface area is 118 Å². The Morgan fingerprint density at radius 3 is 2.65 bits per heavy atom. The molecule has 108 valence electrons. The fourth-order valence-electron chi connectivity index (χ4n) is 2.11. The molecule has 0 spiro atoms. The van der Waals surface area contributed by atoms with Gasteiger partial charge < -0.3 is 9.88 Å². The molecule has 0 saturated heterocycles. The van der Waals surface area contributed by atoms with Crippen molar-refractivity contribution in [3.8, 4) is 0 Å². The number of aryl methyl sites for hydroxylation is 1. The van der Waals surface area contributed by atoms with E-state index in [1.807, 2.05) is 10.7 Å². The van der Waals surface area contributed by atoms with Crippen LogP contribution in [0.5, 0.6) is 0 Å². The van der Waals surface area contributed by atoms with Crippen molar-refractivity contribution in [2.75, 3.05) is 5.32 Å². The van der Waals surface area contributed by atoms with E-state index in [9.17, 15) is 4.79 Å².